The van der Waals surface area contributed by atoms with Gasteiger partial charge in [0.25, 0.3) is 0 Å². The van der Waals surface area contributed by atoms with E-state index in [1.165, 1.54) is 12.8 Å². The summed E-state index contributed by atoms with van der Waals surface area (Å²) >= 11 is 0. The topological polar surface area (TPSA) is 21.3 Å². The van der Waals surface area contributed by atoms with Crippen LogP contribution in [0.25, 0.3) is 0 Å². The highest BCUT2D eigenvalue weighted by atomic mass is 16.5. The van der Waals surface area contributed by atoms with E-state index in [1.807, 2.05) is 0 Å². The summed E-state index contributed by atoms with van der Waals surface area (Å²) in [7, 11) is 1.78. The maximum absolute atomic E-state index is 5.18. The Morgan fingerprint density at radius 1 is 1.38 bits per heavy atom. The first kappa shape index (κ1) is 11.0. The van der Waals surface area contributed by atoms with Gasteiger partial charge in [-0.3, -0.25) is 0 Å². The molecule has 13 heavy (non-hydrogen) atoms. The molecule has 0 radical (unpaired) electrons. The number of nitrogens with one attached hydrogen (secondary N) is 1. The molecule has 1 saturated heterocycles. The normalized spacial score (nSPS) is 30.5. The molecule has 0 saturated carbocycles. The van der Waals surface area contributed by atoms with Crippen LogP contribution < -0.4 is 5.32 Å². The Bertz CT molecular complexity index is 149. The monoisotopic (exact) mass is 185 g/mol. The summed E-state index contributed by atoms with van der Waals surface area (Å²) in [5.41, 5.74) is 0.452. The van der Waals surface area contributed by atoms with Crippen LogP contribution in [0.1, 0.15) is 33.6 Å². The van der Waals surface area contributed by atoms with Crippen molar-refractivity contribution in [1.29, 1.82) is 0 Å². The van der Waals surface area contributed by atoms with Crippen molar-refractivity contribution in [3.63, 3.8) is 0 Å². The SMILES string of the molecule is COCC1CC(C(C)(C)C)CCN1. The van der Waals surface area contributed by atoms with Crippen LogP contribution in [0.15, 0.2) is 0 Å². The van der Waals surface area contributed by atoms with Crippen LogP contribution in [0.2, 0.25) is 0 Å². The average molecular weight is 185 g/mol. The van der Waals surface area contributed by atoms with E-state index in [0.717, 1.165) is 19.1 Å². The van der Waals surface area contributed by atoms with Gasteiger partial charge < -0.3 is 10.1 Å². The second kappa shape index (κ2) is 4.43. The summed E-state index contributed by atoms with van der Waals surface area (Å²) in [6.45, 7) is 9.02. The fraction of sp³-hybridized carbons (Fsp3) is 1.00. The molecule has 2 heteroatoms. The van der Waals surface area contributed by atoms with E-state index in [0.29, 0.717) is 11.5 Å². The van der Waals surface area contributed by atoms with Gasteiger partial charge in [0, 0.05) is 13.2 Å². The number of methoxy groups -OCH3 is 1. The van der Waals surface area contributed by atoms with Crippen LogP contribution in [0, 0.1) is 11.3 Å². The predicted molar refractivity (Wildman–Crippen MR) is 55.8 cm³/mol. The third-order valence-electron chi connectivity index (χ3n) is 3.09. The zero-order valence-corrected chi connectivity index (χ0v) is 9.39. The van der Waals surface area contributed by atoms with Crippen molar-refractivity contribution in [3.8, 4) is 0 Å². The lowest BCUT2D eigenvalue weighted by Crippen LogP contribution is -2.44. The van der Waals surface area contributed by atoms with Crippen molar-refractivity contribution in [2.45, 2.75) is 39.7 Å². The molecule has 1 N–H and O–H groups in total. The van der Waals surface area contributed by atoms with Crippen molar-refractivity contribution in [1.82, 2.24) is 5.32 Å². The van der Waals surface area contributed by atoms with Gasteiger partial charge in [-0.1, -0.05) is 20.8 Å². The Morgan fingerprint density at radius 3 is 2.62 bits per heavy atom. The van der Waals surface area contributed by atoms with Crippen LogP contribution in [0.3, 0.4) is 0 Å². The molecule has 2 unspecified atom stereocenters. The van der Waals surface area contributed by atoms with Crippen molar-refractivity contribution < 1.29 is 4.74 Å². The second-order valence-corrected chi connectivity index (χ2v) is 5.19. The Hall–Kier alpha value is -0.0800. The molecule has 78 valence electrons. The third-order valence-corrected chi connectivity index (χ3v) is 3.09. The Labute approximate surface area is 82.0 Å². The number of piperidine rings is 1. The fourth-order valence-corrected chi connectivity index (χ4v) is 2.12. The van der Waals surface area contributed by atoms with Crippen molar-refractivity contribution >= 4 is 0 Å². The first-order valence-corrected chi connectivity index (χ1v) is 5.26. The third kappa shape index (κ3) is 3.28. The zero-order chi connectivity index (χ0) is 9.90. The first-order chi connectivity index (χ1) is 6.04. The van der Waals surface area contributed by atoms with Crippen molar-refractivity contribution in [2.75, 3.05) is 20.3 Å². The lowest BCUT2D eigenvalue weighted by atomic mass is 9.74. The van der Waals surface area contributed by atoms with Gasteiger partial charge in [0.15, 0.2) is 0 Å². The standard InChI is InChI=1S/C11H23NO/c1-11(2,3)9-5-6-12-10(7-9)8-13-4/h9-10,12H,5-8H2,1-4H3. The van der Waals surface area contributed by atoms with Gasteiger partial charge in [0.2, 0.25) is 0 Å². The maximum atomic E-state index is 5.18. The summed E-state index contributed by atoms with van der Waals surface area (Å²) in [6, 6.07) is 0.572. The smallest absolute Gasteiger partial charge is 0.0615 e. The summed E-state index contributed by atoms with van der Waals surface area (Å²) < 4.78 is 5.18. The minimum Gasteiger partial charge on any atom is -0.383 e. The Kier molecular flexibility index (Phi) is 3.74. The zero-order valence-electron chi connectivity index (χ0n) is 9.39. The van der Waals surface area contributed by atoms with Crippen LogP contribution in [-0.2, 0) is 4.74 Å². The average Bonchev–Trinajstić information content (AvgIpc) is 2.04. The summed E-state index contributed by atoms with van der Waals surface area (Å²) in [6.07, 6.45) is 2.57. The first-order valence-electron chi connectivity index (χ1n) is 5.26. The molecule has 1 aliphatic rings. The molecular formula is C11H23NO. The second-order valence-electron chi connectivity index (χ2n) is 5.19. The fourth-order valence-electron chi connectivity index (χ4n) is 2.12. The minimum absolute atomic E-state index is 0.452. The lowest BCUT2D eigenvalue weighted by molar-refractivity contribution is 0.103. The van der Waals surface area contributed by atoms with Gasteiger partial charge >= 0.3 is 0 Å². The number of ether oxygens (including phenoxy) is 1. The lowest BCUT2D eigenvalue weighted by Gasteiger charge is -2.38. The molecule has 0 bridgehead atoms. The molecule has 0 amide bonds. The van der Waals surface area contributed by atoms with Crippen LogP contribution in [0.5, 0.6) is 0 Å². The van der Waals surface area contributed by atoms with E-state index in [2.05, 4.69) is 26.1 Å². The predicted octanol–water partition coefficient (Wildman–Crippen LogP) is 2.05. The van der Waals surface area contributed by atoms with Gasteiger partial charge in [-0.2, -0.15) is 0 Å². The summed E-state index contributed by atoms with van der Waals surface area (Å²) in [4.78, 5) is 0. The Morgan fingerprint density at radius 2 is 2.08 bits per heavy atom. The molecule has 1 fully saturated rings. The molecule has 0 spiro atoms. The Balaban J connectivity index is 2.42. The van der Waals surface area contributed by atoms with E-state index < -0.39 is 0 Å². The molecule has 2 nitrogen and oxygen atoms in total. The molecule has 1 rings (SSSR count). The number of rotatable bonds is 2. The molecular weight excluding hydrogens is 162 g/mol. The summed E-state index contributed by atoms with van der Waals surface area (Å²) in [5.74, 6) is 0.842. The van der Waals surface area contributed by atoms with Gasteiger partial charge in [0.05, 0.1) is 6.61 Å². The van der Waals surface area contributed by atoms with Gasteiger partial charge in [-0.05, 0) is 30.7 Å². The van der Waals surface area contributed by atoms with Gasteiger partial charge in [-0.25, -0.2) is 0 Å². The van der Waals surface area contributed by atoms with Crippen molar-refractivity contribution in [2.24, 2.45) is 11.3 Å². The molecule has 0 aliphatic carbocycles. The van der Waals surface area contributed by atoms with Crippen LogP contribution in [-0.4, -0.2) is 26.3 Å². The number of hydrogen-bond acceptors (Lipinski definition) is 2. The molecule has 0 aromatic heterocycles. The van der Waals surface area contributed by atoms with E-state index in [4.69, 9.17) is 4.74 Å². The van der Waals surface area contributed by atoms with Crippen LogP contribution >= 0.6 is 0 Å². The summed E-state index contributed by atoms with van der Waals surface area (Å²) in [5, 5.41) is 3.50. The van der Waals surface area contributed by atoms with Crippen molar-refractivity contribution in [3.05, 3.63) is 0 Å². The van der Waals surface area contributed by atoms with Gasteiger partial charge in [-0.15, -0.1) is 0 Å². The van der Waals surface area contributed by atoms with Gasteiger partial charge in [0.1, 0.15) is 0 Å². The van der Waals surface area contributed by atoms with E-state index in [-0.39, 0.29) is 0 Å². The highest BCUT2D eigenvalue weighted by Gasteiger charge is 2.29. The largest absolute Gasteiger partial charge is 0.383 e. The van der Waals surface area contributed by atoms with E-state index in [9.17, 15) is 0 Å². The van der Waals surface area contributed by atoms with E-state index >= 15 is 0 Å². The molecule has 0 aromatic carbocycles. The highest BCUT2D eigenvalue weighted by molar-refractivity contribution is 4.84. The minimum atomic E-state index is 0.452. The quantitative estimate of drug-likeness (QED) is 0.711. The molecule has 1 heterocycles. The molecule has 0 aromatic rings. The highest BCUT2D eigenvalue weighted by Crippen LogP contribution is 2.34. The molecule has 2 atom stereocenters. The molecule has 1 aliphatic heterocycles. The number of hydrogen-bond donors (Lipinski definition) is 1. The van der Waals surface area contributed by atoms with E-state index in [1.54, 1.807) is 7.11 Å². The van der Waals surface area contributed by atoms with Crippen LogP contribution in [0.4, 0.5) is 0 Å². The maximum Gasteiger partial charge on any atom is 0.0615 e.